The van der Waals surface area contributed by atoms with Crippen LogP contribution in [-0.2, 0) is 90.5 Å². The summed E-state index contributed by atoms with van der Waals surface area (Å²) in [6.45, 7) is 0. The normalized spacial score (nSPS) is 10.1. The molecule has 0 aliphatic heterocycles. The molecular formula is FeKMn3O12. The Labute approximate surface area is 152 Å². The fraction of sp³-hybridized carbons (Fsp3) is 0. The van der Waals surface area contributed by atoms with E-state index >= 15 is 0 Å². The molecule has 17 heavy (non-hydrogen) atoms. The van der Waals surface area contributed by atoms with Crippen LogP contribution in [-0.4, -0.2) is 0 Å². The van der Waals surface area contributed by atoms with E-state index in [1.165, 1.54) is 0 Å². The van der Waals surface area contributed by atoms with Crippen LogP contribution in [0, 0.1) is 0 Å². The van der Waals surface area contributed by atoms with Gasteiger partial charge in [-0.2, -0.15) is 0 Å². The van der Waals surface area contributed by atoms with Crippen LogP contribution in [0.5, 0.6) is 0 Å². The molecule has 0 rings (SSSR count). The van der Waals surface area contributed by atoms with Crippen LogP contribution < -0.4 is 64.0 Å². The van der Waals surface area contributed by atoms with Gasteiger partial charge in [0.15, 0.2) is 0 Å². The zero-order valence-electron chi connectivity index (χ0n) is 7.39. The Kier molecular flexibility index (Phi) is 23.6. The summed E-state index contributed by atoms with van der Waals surface area (Å²) in [5, 5.41) is 0. The maximum atomic E-state index is 8.58. The van der Waals surface area contributed by atoms with E-state index in [0.717, 1.165) is 0 Å². The van der Waals surface area contributed by atoms with Gasteiger partial charge < -0.3 is 0 Å². The minimum absolute atomic E-state index is 0. The topological polar surface area (TPSA) is 223 Å². The third-order valence-corrected chi connectivity index (χ3v) is 0. The standard InChI is InChI=1S/Fe.K.3Mn.12O/q+2;+1;;;;;;;;;;;;;3*-1. The van der Waals surface area contributed by atoms with Crippen molar-refractivity contribution in [1.82, 2.24) is 0 Å². The number of hydrogen-bond acceptors (Lipinski definition) is 12. The summed E-state index contributed by atoms with van der Waals surface area (Å²) >= 11 is -16.9. The van der Waals surface area contributed by atoms with Gasteiger partial charge in [-0.15, -0.1) is 0 Å². The van der Waals surface area contributed by atoms with Crippen LogP contribution in [0.1, 0.15) is 0 Å². The first-order chi connectivity index (χ1) is 6.00. The van der Waals surface area contributed by atoms with Crippen LogP contribution in [0.25, 0.3) is 0 Å². The molecule has 0 fully saturated rings. The zero-order chi connectivity index (χ0) is 13.5. The van der Waals surface area contributed by atoms with Gasteiger partial charge in [-0.05, 0) is 0 Å². The molecule has 0 aromatic carbocycles. The quantitative estimate of drug-likeness (QED) is 0.313. The van der Waals surface area contributed by atoms with Crippen LogP contribution in [0.15, 0.2) is 0 Å². The van der Waals surface area contributed by atoms with Crippen LogP contribution >= 0.6 is 0 Å². The molecular weight excluding hydrogens is 452 g/mol. The van der Waals surface area contributed by atoms with Crippen molar-refractivity contribution in [2.45, 2.75) is 0 Å². The molecule has 0 bridgehead atoms. The molecule has 0 aliphatic carbocycles. The van der Waals surface area contributed by atoms with Crippen molar-refractivity contribution < 1.29 is 154 Å². The molecule has 0 aliphatic rings. The number of rotatable bonds is 0. The summed E-state index contributed by atoms with van der Waals surface area (Å²) in [5.74, 6) is 0. The zero-order valence-corrected chi connectivity index (χ0v) is 15.2. The fourth-order valence-electron chi connectivity index (χ4n) is 0. The summed E-state index contributed by atoms with van der Waals surface area (Å²) in [6, 6.07) is 0. The molecule has 0 atom stereocenters. The molecule has 0 spiro atoms. The first-order valence-electron chi connectivity index (χ1n) is 1.85. The van der Waals surface area contributed by atoms with E-state index in [2.05, 4.69) is 0 Å². The van der Waals surface area contributed by atoms with Gasteiger partial charge in [-0.25, -0.2) is 0 Å². The Bertz CT molecular complexity index is 485. The van der Waals surface area contributed by atoms with Gasteiger partial charge in [0.05, 0.1) is 0 Å². The minimum atomic E-state index is -5.62. The third-order valence-electron chi connectivity index (χ3n) is 0. The second-order valence-electron chi connectivity index (χ2n) is 1.13. The van der Waals surface area contributed by atoms with Crippen molar-refractivity contribution in [2.24, 2.45) is 0 Å². The Hall–Kier alpha value is 1.79. The van der Waals surface area contributed by atoms with Gasteiger partial charge in [-0.3, -0.25) is 0 Å². The molecule has 0 unspecified atom stereocenters. The first-order valence-corrected chi connectivity index (χ1v) is 7.63. The van der Waals surface area contributed by atoms with Crippen LogP contribution in [0.2, 0.25) is 0 Å². The molecule has 0 saturated carbocycles. The number of hydrogen-bond donors (Lipinski definition) is 0. The third kappa shape index (κ3) is 1380. The van der Waals surface area contributed by atoms with E-state index in [9.17, 15) is 0 Å². The summed E-state index contributed by atoms with van der Waals surface area (Å²) in [6.07, 6.45) is 0. The molecule has 0 aromatic rings. The Morgan fingerprint density at radius 3 is 0.471 bits per heavy atom. The molecule has 0 N–H and O–H groups in total. The summed E-state index contributed by atoms with van der Waals surface area (Å²) in [5.41, 5.74) is 0. The predicted octanol–water partition coefficient (Wildman–Crippen LogP) is -7.64. The van der Waals surface area contributed by atoms with Crippen molar-refractivity contribution in [3.8, 4) is 0 Å². The van der Waals surface area contributed by atoms with Gasteiger partial charge in [0.1, 0.15) is 0 Å². The Balaban J connectivity index is -0.0000000400. The second-order valence-corrected chi connectivity index (χ2v) is 4.68. The maximum absolute atomic E-state index is 8.58. The molecule has 17 heteroatoms. The van der Waals surface area contributed by atoms with Gasteiger partial charge in [-0.1, -0.05) is 0 Å². The van der Waals surface area contributed by atoms with E-state index < -0.39 is 38.9 Å². The van der Waals surface area contributed by atoms with Crippen molar-refractivity contribution in [3.63, 3.8) is 0 Å². The van der Waals surface area contributed by atoms with Gasteiger partial charge in [0.2, 0.25) is 0 Å². The van der Waals surface area contributed by atoms with Gasteiger partial charge in [0, 0.05) is 0 Å². The van der Waals surface area contributed by atoms with E-state index in [4.69, 9.17) is 47.1 Å². The first kappa shape index (κ1) is 31.3. The van der Waals surface area contributed by atoms with E-state index in [1.54, 1.807) is 0 Å². The monoisotopic (exact) mass is 452 g/mol. The van der Waals surface area contributed by atoms with Gasteiger partial charge >= 0.3 is 154 Å². The average molecular weight is 452 g/mol. The molecule has 0 saturated heterocycles. The van der Waals surface area contributed by atoms with Crippen LogP contribution in [0.3, 0.4) is 0 Å². The molecule has 0 aromatic heterocycles. The van der Waals surface area contributed by atoms with E-state index in [1.807, 2.05) is 0 Å². The molecule has 12 nitrogen and oxygen atoms in total. The fourth-order valence-corrected chi connectivity index (χ4v) is 0. The molecule has 102 valence electrons. The van der Waals surface area contributed by atoms with E-state index in [-0.39, 0.29) is 68.5 Å². The molecule has 0 amide bonds. The second kappa shape index (κ2) is 12.8. The van der Waals surface area contributed by atoms with Gasteiger partial charge in [0.25, 0.3) is 0 Å². The predicted molar refractivity (Wildman–Crippen MR) is 6.18 cm³/mol. The van der Waals surface area contributed by atoms with Crippen molar-refractivity contribution in [2.75, 3.05) is 0 Å². The Morgan fingerprint density at radius 2 is 0.471 bits per heavy atom. The van der Waals surface area contributed by atoms with Crippen molar-refractivity contribution >= 4 is 0 Å². The average Bonchev–Trinajstić information content (AvgIpc) is 1.41. The van der Waals surface area contributed by atoms with Crippen molar-refractivity contribution in [3.05, 3.63) is 0 Å². The Morgan fingerprint density at radius 1 is 0.471 bits per heavy atom. The summed E-state index contributed by atoms with van der Waals surface area (Å²) in [4.78, 5) is 0. The SMILES string of the molecule is [Fe+2].[K+].[O]=[Mn](=[O])(=[O])[O-].[O]=[Mn](=[O])(=[O])[O-].[O]=[Mn](=[O])(=[O])[O-]. The summed E-state index contributed by atoms with van der Waals surface area (Å²) in [7, 11) is 0. The molecule has 0 heterocycles. The summed E-state index contributed by atoms with van der Waals surface area (Å²) < 4.78 is 103. The van der Waals surface area contributed by atoms with Crippen LogP contribution in [0.4, 0.5) is 0 Å². The van der Waals surface area contributed by atoms with E-state index in [0.29, 0.717) is 0 Å². The molecule has 0 radical (unpaired) electrons. The van der Waals surface area contributed by atoms with Crippen molar-refractivity contribution in [1.29, 1.82) is 0 Å².